The zero-order valence-electron chi connectivity index (χ0n) is 10.6. The minimum atomic E-state index is -0.818. The Morgan fingerprint density at radius 1 is 1.47 bits per heavy atom. The van der Waals surface area contributed by atoms with Crippen LogP contribution in [0.1, 0.15) is 31.5 Å². The number of carbonyl (C=O) groups is 2. The van der Waals surface area contributed by atoms with Gasteiger partial charge in [-0.3, -0.25) is 10.1 Å². The summed E-state index contributed by atoms with van der Waals surface area (Å²) in [5.74, 6) is -0.205. The number of carboxylic acids is 1. The van der Waals surface area contributed by atoms with E-state index in [1.807, 2.05) is 0 Å². The molecule has 0 aliphatic heterocycles. The molecule has 1 fully saturated rings. The molecule has 3 N–H and O–H groups in total. The molecule has 0 bridgehead atoms. The van der Waals surface area contributed by atoms with E-state index < -0.39 is 5.97 Å². The quantitative estimate of drug-likeness (QED) is 0.762. The highest BCUT2D eigenvalue weighted by Gasteiger charge is 2.39. The highest BCUT2D eigenvalue weighted by molar-refractivity contribution is 7.09. The fourth-order valence-electron chi connectivity index (χ4n) is 2.17. The van der Waals surface area contributed by atoms with E-state index in [9.17, 15) is 9.59 Å². The Bertz CT molecular complexity index is 484. The minimum Gasteiger partial charge on any atom is -0.481 e. The lowest BCUT2D eigenvalue weighted by Gasteiger charge is -2.40. The lowest BCUT2D eigenvalue weighted by Crippen LogP contribution is -2.44. The summed E-state index contributed by atoms with van der Waals surface area (Å²) in [4.78, 5) is 26.5. The Morgan fingerprint density at radius 2 is 2.21 bits per heavy atom. The van der Waals surface area contributed by atoms with Crippen LogP contribution in [-0.2, 0) is 4.79 Å². The van der Waals surface area contributed by atoms with Gasteiger partial charge in [-0.2, -0.15) is 4.37 Å². The molecule has 1 aromatic heterocycles. The molecule has 1 aliphatic carbocycles. The highest BCUT2D eigenvalue weighted by Crippen LogP contribution is 2.43. The van der Waals surface area contributed by atoms with Gasteiger partial charge in [-0.15, -0.1) is 0 Å². The van der Waals surface area contributed by atoms with Crippen LogP contribution in [0.15, 0.2) is 0 Å². The van der Waals surface area contributed by atoms with Crippen molar-refractivity contribution in [3.05, 3.63) is 5.82 Å². The number of aliphatic carboxylic acids is 1. The molecule has 19 heavy (non-hydrogen) atoms. The van der Waals surface area contributed by atoms with Gasteiger partial charge in [0.1, 0.15) is 5.82 Å². The standard InChI is InChI=1S/C11H16N4O3S/c1-7-13-10(19-15-7)14-9(18)12-6-11(3-2-4-11)5-8(16)17/h2-6H2,1H3,(H,16,17)(H2,12,13,14,15,18). The number of carboxylic acid groups (broad SMARTS) is 1. The van der Waals surface area contributed by atoms with Gasteiger partial charge in [0.15, 0.2) is 0 Å². The summed E-state index contributed by atoms with van der Waals surface area (Å²) >= 11 is 1.11. The van der Waals surface area contributed by atoms with E-state index in [4.69, 9.17) is 5.11 Å². The van der Waals surface area contributed by atoms with Gasteiger partial charge < -0.3 is 10.4 Å². The summed E-state index contributed by atoms with van der Waals surface area (Å²) in [6.07, 6.45) is 2.81. The molecular weight excluding hydrogens is 268 g/mol. The van der Waals surface area contributed by atoms with Crippen LogP contribution in [0.25, 0.3) is 0 Å². The van der Waals surface area contributed by atoms with Crippen LogP contribution in [0, 0.1) is 12.3 Å². The smallest absolute Gasteiger partial charge is 0.321 e. The molecule has 1 saturated carbocycles. The molecule has 7 nitrogen and oxygen atoms in total. The van der Waals surface area contributed by atoms with Crippen LogP contribution < -0.4 is 10.6 Å². The monoisotopic (exact) mass is 284 g/mol. The summed E-state index contributed by atoms with van der Waals surface area (Å²) in [5, 5.41) is 14.6. The van der Waals surface area contributed by atoms with Gasteiger partial charge in [-0.05, 0) is 25.2 Å². The van der Waals surface area contributed by atoms with Crippen molar-refractivity contribution in [3.63, 3.8) is 0 Å². The van der Waals surface area contributed by atoms with Gasteiger partial charge in [0.2, 0.25) is 5.13 Å². The summed E-state index contributed by atoms with van der Waals surface area (Å²) in [5.41, 5.74) is -0.278. The van der Waals surface area contributed by atoms with Crippen molar-refractivity contribution in [3.8, 4) is 0 Å². The normalized spacial score (nSPS) is 16.5. The van der Waals surface area contributed by atoms with Crippen LogP contribution in [0.2, 0.25) is 0 Å². The van der Waals surface area contributed by atoms with Crippen molar-refractivity contribution in [2.45, 2.75) is 32.6 Å². The minimum absolute atomic E-state index is 0.102. The molecule has 8 heteroatoms. The van der Waals surface area contributed by atoms with Crippen molar-refractivity contribution in [2.24, 2.45) is 5.41 Å². The highest BCUT2D eigenvalue weighted by atomic mass is 32.1. The van der Waals surface area contributed by atoms with Gasteiger partial charge >= 0.3 is 12.0 Å². The van der Waals surface area contributed by atoms with Crippen LogP contribution in [0.4, 0.5) is 9.93 Å². The molecule has 0 spiro atoms. The van der Waals surface area contributed by atoms with Crippen molar-refractivity contribution in [1.82, 2.24) is 14.7 Å². The van der Waals surface area contributed by atoms with Gasteiger partial charge in [0, 0.05) is 18.1 Å². The molecule has 1 aliphatic rings. The Balaban J connectivity index is 1.81. The first kappa shape index (κ1) is 13.7. The van der Waals surface area contributed by atoms with Crippen molar-refractivity contribution in [1.29, 1.82) is 0 Å². The van der Waals surface area contributed by atoms with Crippen LogP contribution in [0.5, 0.6) is 0 Å². The van der Waals surface area contributed by atoms with E-state index in [1.165, 1.54) is 0 Å². The molecule has 0 aromatic carbocycles. The molecule has 0 unspecified atom stereocenters. The van der Waals surface area contributed by atoms with Gasteiger partial charge in [-0.1, -0.05) is 6.42 Å². The maximum Gasteiger partial charge on any atom is 0.321 e. The maximum atomic E-state index is 11.7. The number of anilines is 1. The number of urea groups is 1. The number of aryl methyl sites for hydroxylation is 1. The average Bonchev–Trinajstić information content (AvgIpc) is 2.67. The topological polar surface area (TPSA) is 104 Å². The molecule has 104 valence electrons. The lowest BCUT2D eigenvalue weighted by molar-refractivity contribution is -0.141. The summed E-state index contributed by atoms with van der Waals surface area (Å²) < 4.78 is 3.96. The van der Waals surface area contributed by atoms with Gasteiger partial charge in [0.05, 0.1) is 6.42 Å². The second kappa shape index (κ2) is 5.52. The number of hydrogen-bond acceptors (Lipinski definition) is 5. The number of aromatic nitrogens is 2. The number of amides is 2. The van der Waals surface area contributed by atoms with Crippen LogP contribution in [0.3, 0.4) is 0 Å². The van der Waals surface area contributed by atoms with Crippen molar-refractivity contribution >= 4 is 28.7 Å². The fraction of sp³-hybridized carbons (Fsp3) is 0.636. The SMILES string of the molecule is Cc1nsc(NC(=O)NCC2(CC(=O)O)CCC2)n1. The number of nitrogens with zero attached hydrogens (tertiary/aromatic N) is 2. The van der Waals surface area contributed by atoms with E-state index in [0.29, 0.717) is 17.5 Å². The number of nitrogens with one attached hydrogen (secondary N) is 2. The fourth-order valence-corrected chi connectivity index (χ4v) is 2.74. The summed E-state index contributed by atoms with van der Waals surface area (Å²) in [6.45, 7) is 2.12. The third kappa shape index (κ3) is 3.63. The first-order valence-corrected chi connectivity index (χ1v) is 6.83. The molecule has 0 saturated heterocycles. The van der Waals surface area contributed by atoms with E-state index in [0.717, 1.165) is 30.8 Å². The summed E-state index contributed by atoms with van der Waals surface area (Å²) in [6, 6.07) is -0.368. The predicted octanol–water partition coefficient (Wildman–Crippen LogP) is 1.61. The lowest BCUT2D eigenvalue weighted by atomic mass is 9.66. The van der Waals surface area contributed by atoms with Crippen LogP contribution >= 0.6 is 11.5 Å². The third-order valence-corrected chi connectivity index (χ3v) is 4.03. The molecule has 1 aromatic rings. The Hall–Kier alpha value is -1.70. The van der Waals surface area contributed by atoms with E-state index >= 15 is 0 Å². The number of rotatable bonds is 5. The summed E-state index contributed by atoms with van der Waals surface area (Å²) in [7, 11) is 0. The maximum absolute atomic E-state index is 11.7. The zero-order chi connectivity index (χ0) is 13.9. The molecule has 0 atom stereocenters. The first-order valence-electron chi connectivity index (χ1n) is 6.06. The van der Waals surface area contributed by atoms with Crippen molar-refractivity contribution in [2.75, 3.05) is 11.9 Å². The van der Waals surface area contributed by atoms with E-state index in [1.54, 1.807) is 6.92 Å². The molecule has 0 radical (unpaired) electrons. The zero-order valence-corrected chi connectivity index (χ0v) is 11.4. The molecule has 2 amide bonds. The molecular formula is C11H16N4O3S. The Kier molecular flexibility index (Phi) is 3.98. The van der Waals surface area contributed by atoms with Gasteiger partial charge in [0.25, 0.3) is 0 Å². The molecule has 1 heterocycles. The molecule has 2 rings (SSSR count). The van der Waals surface area contributed by atoms with E-state index in [2.05, 4.69) is 20.0 Å². The number of carbonyl (C=O) groups excluding carboxylic acids is 1. The van der Waals surface area contributed by atoms with Crippen molar-refractivity contribution < 1.29 is 14.7 Å². The van der Waals surface area contributed by atoms with Gasteiger partial charge in [-0.25, -0.2) is 9.78 Å². The first-order chi connectivity index (χ1) is 8.99. The van der Waals surface area contributed by atoms with Crippen LogP contribution in [-0.4, -0.2) is 33.0 Å². The Morgan fingerprint density at radius 3 is 2.68 bits per heavy atom. The average molecular weight is 284 g/mol. The predicted molar refractivity (Wildman–Crippen MR) is 70.2 cm³/mol. The third-order valence-electron chi connectivity index (χ3n) is 3.31. The number of hydrogen-bond donors (Lipinski definition) is 3. The second-order valence-electron chi connectivity index (χ2n) is 4.88. The largest absolute Gasteiger partial charge is 0.481 e. The Labute approximate surface area is 114 Å². The van der Waals surface area contributed by atoms with E-state index in [-0.39, 0.29) is 17.9 Å². The second-order valence-corrected chi connectivity index (χ2v) is 5.63.